The molecule has 0 aliphatic carbocycles. The summed E-state index contributed by atoms with van der Waals surface area (Å²) < 4.78 is 1.62. The van der Waals surface area contributed by atoms with Crippen molar-refractivity contribution in [1.82, 2.24) is 30.5 Å². The lowest BCUT2D eigenvalue weighted by Crippen LogP contribution is -2.54. The number of hydrogen-bond donors (Lipinski definition) is 3. The molecule has 1 aliphatic rings. The van der Waals surface area contributed by atoms with Crippen LogP contribution in [-0.2, 0) is 17.4 Å². The van der Waals surface area contributed by atoms with E-state index in [9.17, 15) is 14.4 Å². The highest BCUT2D eigenvalue weighted by Crippen LogP contribution is 2.23. The SMILES string of the molecule is Cn1ccnc1C1(CNC(=O)c2ccc(-c3cscn3)cc2)NC(=O)NC1=O. The van der Waals surface area contributed by atoms with E-state index in [1.54, 1.807) is 35.5 Å². The highest BCUT2D eigenvalue weighted by Gasteiger charge is 2.50. The average molecular weight is 396 g/mol. The smallest absolute Gasteiger partial charge is 0.322 e. The van der Waals surface area contributed by atoms with Crippen LogP contribution in [0, 0.1) is 0 Å². The molecule has 0 spiro atoms. The molecule has 28 heavy (non-hydrogen) atoms. The molecule has 2 aromatic heterocycles. The number of rotatable bonds is 5. The molecule has 0 saturated carbocycles. The Morgan fingerprint density at radius 1 is 1.25 bits per heavy atom. The van der Waals surface area contributed by atoms with E-state index in [2.05, 4.69) is 25.9 Å². The summed E-state index contributed by atoms with van der Waals surface area (Å²) in [5, 5.41) is 9.45. The molecule has 1 fully saturated rings. The van der Waals surface area contributed by atoms with Crippen molar-refractivity contribution in [2.24, 2.45) is 7.05 Å². The molecular weight excluding hydrogens is 380 g/mol. The number of imide groups is 1. The molecule has 1 unspecified atom stereocenters. The second-order valence-electron chi connectivity index (χ2n) is 6.31. The minimum absolute atomic E-state index is 0.137. The average Bonchev–Trinajstić information content (AvgIpc) is 3.41. The van der Waals surface area contributed by atoms with Crippen molar-refractivity contribution in [3.8, 4) is 11.3 Å². The summed E-state index contributed by atoms with van der Waals surface area (Å²) in [7, 11) is 1.71. The van der Waals surface area contributed by atoms with E-state index in [0.717, 1.165) is 11.3 Å². The molecule has 3 aromatic rings. The number of carbonyl (C=O) groups excluding carboxylic acids is 3. The van der Waals surface area contributed by atoms with Gasteiger partial charge in [-0.15, -0.1) is 11.3 Å². The lowest BCUT2D eigenvalue weighted by atomic mass is 9.98. The molecule has 0 radical (unpaired) electrons. The van der Waals surface area contributed by atoms with Crippen molar-refractivity contribution in [2.75, 3.05) is 6.54 Å². The highest BCUT2D eigenvalue weighted by molar-refractivity contribution is 7.07. The predicted molar refractivity (Wildman–Crippen MR) is 101 cm³/mol. The van der Waals surface area contributed by atoms with Crippen LogP contribution >= 0.6 is 11.3 Å². The molecular formula is C18H16N6O3S. The van der Waals surface area contributed by atoms with Gasteiger partial charge in [-0.05, 0) is 12.1 Å². The lowest BCUT2D eigenvalue weighted by Gasteiger charge is -2.25. The van der Waals surface area contributed by atoms with Crippen LogP contribution in [0.4, 0.5) is 4.79 Å². The van der Waals surface area contributed by atoms with Gasteiger partial charge in [0.2, 0.25) is 0 Å². The molecule has 4 rings (SSSR count). The summed E-state index contributed by atoms with van der Waals surface area (Å²) in [6.07, 6.45) is 3.18. The summed E-state index contributed by atoms with van der Waals surface area (Å²) in [5.41, 5.74) is 2.46. The molecule has 142 valence electrons. The minimum Gasteiger partial charge on any atom is -0.349 e. The largest absolute Gasteiger partial charge is 0.349 e. The Morgan fingerprint density at radius 3 is 2.61 bits per heavy atom. The summed E-state index contributed by atoms with van der Waals surface area (Å²) in [6.45, 7) is -0.137. The van der Waals surface area contributed by atoms with E-state index in [1.807, 2.05) is 17.5 Å². The topological polar surface area (TPSA) is 118 Å². The number of carbonyl (C=O) groups is 3. The van der Waals surface area contributed by atoms with Crippen LogP contribution in [0.5, 0.6) is 0 Å². The number of aromatic nitrogens is 3. The number of urea groups is 1. The molecule has 0 bridgehead atoms. The molecule has 1 saturated heterocycles. The molecule has 1 aromatic carbocycles. The van der Waals surface area contributed by atoms with E-state index in [-0.39, 0.29) is 12.5 Å². The Labute approximate surface area is 163 Å². The van der Waals surface area contributed by atoms with Crippen LogP contribution in [-0.4, -0.2) is 38.9 Å². The lowest BCUT2D eigenvalue weighted by molar-refractivity contribution is -0.124. The zero-order valence-corrected chi connectivity index (χ0v) is 15.6. The van der Waals surface area contributed by atoms with Crippen LogP contribution in [0.3, 0.4) is 0 Å². The Hall–Kier alpha value is -3.53. The van der Waals surface area contributed by atoms with E-state index >= 15 is 0 Å². The fraction of sp³-hybridized carbons (Fsp3) is 0.167. The van der Waals surface area contributed by atoms with Gasteiger partial charge in [0, 0.05) is 35.9 Å². The Bertz CT molecular complexity index is 1040. The van der Waals surface area contributed by atoms with Crippen molar-refractivity contribution >= 4 is 29.2 Å². The van der Waals surface area contributed by atoms with E-state index in [4.69, 9.17) is 0 Å². The standard InChI is InChI=1S/C18H16N6O3S/c1-24-7-6-19-15(24)18(16(26)22-17(27)23-18)9-20-14(25)12-4-2-11(3-5-12)13-8-28-10-21-13/h2-8,10H,9H2,1H3,(H,20,25)(H2,22,23,26,27). The fourth-order valence-electron chi connectivity index (χ4n) is 3.09. The van der Waals surface area contributed by atoms with Gasteiger partial charge in [-0.1, -0.05) is 12.1 Å². The normalized spacial score (nSPS) is 18.6. The monoisotopic (exact) mass is 396 g/mol. The second kappa shape index (κ2) is 6.89. The first-order chi connectivity index (χ1) is 13.5. The maximum absolute atomic E-state index is 12.6. The molecule has 3 N–H and O–H groups in total. The van der Waals surface area contributed by atoms with Crippen LogP contribution < -0.4 is 16.0 Å². The third-order valence-corrected chi connectivity index (χ3v) is 5.12. The van der Waals surface area contributed by atoms with Gasteiger partial charge in [0.05, 0.1) is 17.7 Å². The van der Waals surface area contributed by atoms with Crippen LogP contribution in [0.1, 0.15) is 16.2 Å². The first-order valence-electron chi connectivity index (χ1n) is 8.38. The zero-order chi connectivity index (χ0) is 19.7. The van der Waals surface area contributed by atoms with Gasteiger partial charge >= 0.3 is 6.03 Å². The van der Waals surface area contributed by atoms with E-state index in [1.165, 1.54) is 17.5 Å². The Morgan fingerprint density at radius 2 is 2.04 bits per heavy atom. The van der Waals surface area contributed by atoms with Gasteiger partial charge in [0.1, 0.15) is 5.82 Å². The van der Waals surface area contributed by atoms with Gasteiger partial charge in [-0.2, -0.15) is 0 Å². The first-order valence-corrected chi connectivity index (χ1v) is 9.32. The number of imidazole rings is 1. The van der Waals surface area contributed by atoms with Crippen molar-refractivity contribution in [1.29, 1.82) is 0 Å². The highest BCUT2D eigenvalue weighted by atomic mass is 32.1. The Balaban J connectivity index is 1.53. The molecule has 3 heterocycles. The molecule has 4 amide bonds. The number of amides is 4. The summed E-state index contributed by atoms with van der Waals surface area (Å²) in [5.74, 6) is -0.603. The quantitative estimate of drug-likeness (QED) is 0.556. The number of aryl methyl sites for hydroxylation is 1. The summed E-state index contributed by atoms with van der Waals surface area (Å²) in [4.78, 5) is 45.2. The van der Waals surface area contributed by atoms with Gasteiger partial charge in [0.25, 0.3) is 11.8 Å². The second-order valence-corrected chi connectivity index (χ2v) is 7.03. The molecule has 9 nitrogen and oxygen atoms in total. The number of hydrogen-bond acceptors (Lipinski definition) is 6. The van der Waals surface area contributed by atoms with Crippen molar-refractivity contribution in [2.45, 2.75) is 5.54 Å². The van der Waals surface area contributed by atoms with Gasteiger partial charge in [-0.3, -0.25) is 14.9 Å². The fourth-order valence-corrected chi connectivity index (χ4v) is 3.65. The number of nitrogens with zero attached hydrogens (tertiary/aromatic N) is 3. The van der Waals surface area contributed by atoms with Crippen LogP contribution in [0.15, 0.2) is 47.5 Å². The van der Waals surface area contributed by atoms with Crippen molar-refractivity contribution in [3.05, 3.63) is 58.9 Å². The van der Waals surface area contributed by atoms with E-state index < -0.39 is 17.5 Å². The predicted octanol–water partition coefficient (Wildman–Crippen LogP) is 1.01. The van der Waals surface area contributed by atoms with Crippen LogP contribution in [0.2, 0.25) is 0 Å². The number of benzene rings is 1. The summed E-state index contributed by atoms with van der Waals surface area (Å²) >= 11 is 1.50. The summed E-state index contributed by atoms with van der Waals surface area (Å²) in [6, 6.07) is 6.36. The maximum Gasteiger partial charge on any atom is 0.322 e. The maximum atomic E-state index is 12.6. The van der Waals surface area contributed by atoms with E-state index in [0.29, 0.717) is 11.4 Å². The van der Waals surface area contributed by atoms with Crippen molar-refractivity contribution in [3.63, 3.8) is 0 Å². The number of thiazole rings is 1. The van der Waals surface area contributed by atoms with Gasteiger partial charge < -0.3 is 15.2 Å². The van der Waals surface area contributed by atoms with Gasteiger partial charge in [0.15, 0.2) is 5.54 Å². The Kier molecular flexibility index (Phi) is 4.40. The van der Waals surface area contributed by atoms with Crippen LogP contribution in [0.25, 0.3) is 11.3 Å². The molecule has 1 atom stereocenters. The molecule has 1 aliphatic heterocycles. The molecule has 10 heteroatoms. The third-order valence-electron chi connectivity index (χ3n) is 4.53. The first kappa shape index (κ1) is 17.9. The third kappa shape index (κ3) is 3.03. The number of nitrogens with one attached hydrogen (secondary N) is 3. The van der Waals surface area contributed by atoms with Gasteiger partial charge in [-0.25, -0.2) is 14.8 Å². The van der Waals surface area contributed by atoms with Crippen molar-refractivity contribution < 1.29 is 14.4 Å². The zero-order valence-electron chi connectivity index (χ0n) is 14.8. The minimum atomic E-state index is -1.47.